The first kappa shape index (κ1) is 19.7. The molecule has 0 aromatic heterocycles. The van der Waals surface area contributed by atoms with Gasteiger partial charge in [-0.2, -0.15) is 0 Å². The number of carbonyl (C=O) groups excluding carboxylic acids is 1. The highest BCUT2D eigenvalue weighted by Crippen LogP contribution is 2.28. The molecule has 154 valence electrons. The van der Waals surface area contributed by atoms with E-state index in [4.69, 9.17) is 0 Å². The molecule has 0 spiro atoms. The Morgan fingerprint density at radius 1 is 1.17 bits per heavy atom. The number of para-hydroxylation sites is 1. The Hall–Kier alpha value is -2.56. The lowest BCUT2D eigenvalue weighted by atomic mass is 9.96. The fraction of sp³-hybridized carbons (Fsp3) is 0.458. The van der Waals surface area contributed by atoms with Crippen molar-refractivity contribution in [1.29, 1.82) is 0 Å². The minimum Gasteiger partial charge on any atom is -0.371 e. The Balaban J connectivity index is 1.24. The standard InChI is InChI=1S/C24H30FN3O/c1-18-9-10-23(21(25)16-18)28-13-4-7-20(17-28)24(29)26-12-5-14-27-15-11-19-6-2-3-8-22(19)27/h2-3,6,8-10,16,20H,4-5,7,11-15,17H2,1H3,(H,26,29). The molecule has 2 aliphatic heterocycles. The van der Waals surface area contributed by atoms with E-state index >= 15 is 0 Å². The number of hydrogen-bond donors (Lipinski definition) is 1. The first-order valence-electron chi connectivity index (χ1n) is 10.7. The molecule has 1 N–H and O–H groups in total. The Morgan fingerprint density at radius 3 is 2.90 bits per heavy atom. The molecule has 2 aromatic rings. The minimum atomic E-state index is -0.197. The number of amides is 1. The average molecular weight is 396 g/mol. The molecule has 1 saturated heterocycles. The molecule has 4 rings (SSSR count). The number of nitrogens with one attached hydrogen (secondary N) is 1. The van der Waals surface area contributed by atoms with Crippen LogP contribution in [0.3, 0.4) is 0 Å². The van der Waals surface area contributed by atoms with Crippen molar-refractivity contribution in [3.8, 4) is 0 Å². The first-order chi connectivity index (χ1) is 14.1. The van der Waals surface area contributed by atoms with Gasteiger partial charge in [0.2, 0.25) is 5.91 Å². The van der Waals surface area contributed by atoms with E-state index in [0.717, 1.165) is 50.9 Å². The molecule has 1 fully saturated rings. The lowest BCUT2D eigenvalue weighted by Gasteiger charge is -2.34. The van der Waals surface area contributed by atoms with E-state index in [2.05, 4.69) is 34.5 Å². The van der Waals surface area contributed by atoms with Crippen LogP contribution < -0.4 is 15.1 Å². The summed E-state index contributed by atoms with van der Waals surface area (Å²) in [5.41, 5.74) is 4.28. The number of anilines is 2. The Morgan fingerprint density at radius 2 is 2.03 bits per heavy atom. The topological polar surface area (TPSA) is 35.6 Å². The highest BCUT2D eigenvalue weighted by atomic mass is 19.1. The van der Waals surface area contributed by atoms with Crippen LogP contribution in [0, 0.1) is 18.7 Å². The lowest BCUT2D eigenvalue weighted by molar-refractivity contribution is -0.125. The van der Waals surface area contributed by atoms with Crippen LogP contribution in [0.5, 0.6) is 0 Å². The molecule has 1 atom stereocenters. The van der Waals surface area contributed by atoms with Crippen molar-refractivity contribution in [2.75, 3.05) is 42.5 Å². The number of fused-ring (bicyclic) bond motifs is 1. The van der Waals surface area contributed by atoms with Gasteiger partial charge in [0.05, 0.1) is 11.6 Å². The first-order valence-corrected chi connectivity index (χ1v) is 10.7. The summed E-state index contributed by atoms with van der Waals surface area (Å²) in [6.45, 7) is 5.99. The molecule has 2 heterocycles. The molecule has 1 amide bonds. The number of piperidine rings is 1. The van der Waals surface area contributed by atoms with Gasteiger partial charge in [-0.15, -0.1) is 0 Å². The molecule has 29 heavy (non-hydrogen) atoms. The highest BCUT2D eigenvalue weighted by molar-refractivity contribution is 5.79. The Kier molecular flexibility index (Phi) is 6.02. The number of nitrogens with zero attached hydrogens (tertiary/aromatic N) is 2. The maximum absolute atomic E-state index is 14.3. The minimum absolute atomic E-state index is 0.0723. The summed E-state index contributed by atoms with van der Waals surface area (Å²) in [7, 11) is 0. The SMILES string of the molecule is Cc1ccc(N2CCCC(C(=O)NCCCN3CCc4ccccc43)C2)c(F)c1. The molecular weight excluding hydrogens is 365 g/mol. The third-order valence-electron chi connectivity index (χ3n) is 6.12. The quantitative estimate of drug-likeness (QED) is 0.753. The van der Waals surface area contributed by atoms with E-state index in [1.54, 1.807) is 6.07 Å². The second-order valence-corrected chi connectivity index (χ2v) is 8.25. The van der Waals surface area contributed by atoms with Crippen molar-refractivity contribution in [1.82, 2.24) is 5.32 Å². The van der Waals surface area contributed by atoms with Gasteiger partial charge in [0.15, 0.2) is 0 Å². The zero-order valence-corrected chi connectivity index (χ0v) is 17.2. The normalized spacial score (nSPS) is 18.6. The van der Waals surface area contributed by atoms with E-state index in [-0.39, 0.29) is 17.6 Å². The zero-order chi connectivity index (χ0) is 20.2. The summed E-state index contributed by atoms with van der Waals surface area (Å²) in [6.07, 6.45) is 3.82. The van der Waals surface area contributed by atoms with Crippen LogP contribution in [-0.2, 0) is 11.2 Å². The number of hydrogen-bond acceptors (Lipinski definition) is 3. The van der Waals surface area contributed by atoms with Crippen LogP contribution in [0.2, 0.25) is 0 Å². The van der Waals surface area contributed by atoms with E-state index in [1.807, 2.05) is 24.0 Å². The van der Waals surface area contributed by atoms with Crippen LogP contribution in [0.4, 0.5) is 15.8 Å². The second kappa shape index (κ2) is 8.85. The molecule has 0 aliphatic carbocycles. The maximum atomic E-state index is 14.3. The summed E-state index contributed by atoms with van der Waals surface area (Å²) in [5, 5.41) is 3.11. The fourth-order valence-corrected chi connectivity index (χ4v) is 4.54. The number of benzene rings is 2. The van der Waals surface area contributed by atoms with Gasteiger partial charge >= 0.3 is 0 Å². The molecular formula is C24H30FN3O. The maximum Gasteiger partial charge on any atom is 0.224 e. The molecule has 2 aromatic carbocycles. The zero-order valence-electron chi connectivity index (χ0n) is 17.2. The third-order valence-corrected chi connectivity index (χ3v) is 6.12. The summed E-state index contributed by atoms with van der Waals surface area (Å²) in [5.74, 6) is -0.169. The predicted molar refractivity (Wildman–Crippen MR) is 116 cm³/mol. The van der Waals surface area contributed by atoms with Crippen molar-refractivity contribution in [3.63, 3.8) is 0 Å². The van der Waals surface area contributed by atoms with Crippen LogP contribution in [0.1, 0.15) is 30.4 Å². The van der Waals surface area contributed by atoms with E-state index in [1.165, 1.54) is 11.3 Å². The smallest absolute Gasteiger partial charge is 0.224 e. The molecule has 1 unspecified atom stereocenters. The van der Waals surface area contributed by atoms with Crippen LogP contribution in [-0.4, -0.2) is 38.6 Å². The van der Waals surface area contributed by atoms with Gasteiger partial charge in [-0.05, 0) is 61.9 Å². The van der Waals surface area contributed by atoms with Crippen molar-refractivity contribution >= 4 is 17.3 Å². The van der Waals surface area contributed by atoms with Gasteiger partial charge in [0.25, 0.3) is 0 Å². The molecule has 0 bridgehead atoms. The van der Waals surface area contributed by atoms with E-state index in [0.29, 0.717) is 18.8 Å². The monoisotopic (exact) mass is 395 g/mol. The van der Waals surface area contributed by atoms with Crippen molar-refractivity contribution in [2.45, 2.75) is 32.6 Å². The van der Waals surface area contributed by atoms with Crippen molar-refractivity contribution in [3.05, 3.63) is 59.4 Å². The summed E-state index contributed by atoms with van der Waals surface area (Å²) in [4.78, 5) is 17.1. The molecule has 4 nitrogen and oxygen atoms in total. The lowest BCUT2D eigenvalue weighted by Crippen LogP contribution is -2.43. The molecule has 0 saturated carbocycles. The van der Waals surface area contributed by atoms with Crippen molar-refractivity contribution in [2.24, 2.45) is 5.92 Å². The number of rotatable bonds is 6. The molecule has 0 radical (unpaired) electrons. The largest absolute Gasteiger partial charge is 0.371 e. The second-order valence-electron chi connectivity index (χ2n) is 8.25. The number of aryl methyl sites for hydroxylation is 1. The fourth-order valence-electron chi connectivity index (χ4n) is 4.54. The average Bonchev–Trinajstić information content (AvgIpc) is 3.14. The summed E-state index contributed by atoms with van der Waals surface area (Å²) >= 11 is 0. The van der Waals surface area contributed by atoms with Crippen LogP contribution in [0.25, 0.3) is 0 Å². The number of halogens is 1. The third kappa shape index (κ3) is 4.55. The summed E-state index contributed by atoms with van der Waals surface area (Å²) < 4.78 is 14.3. The van der Waals surface area contributed by atoms with E-state index < -0.39 is 0 Å². The van der Waals surface area contributed by atoms with Gasteiger partial charge in [-0.25, -0.2) is 4.39 Å². The predicted octanol–water partition coefficient (Wildman–Crippen LogP) is 3.92. The summed E-state index contributed by atoms with van der Waals surface area (Å²) in [6, 6.07) is 13.9. The van der Waals surface area contributed by atoms with Gasteiger partial charge < -0.3 is 15.1 Å². The van der Waals surface area contributed by atoms with Crippen LogP contribution >= 0.6 is 0 Å². The van der Waals surface area contributed by atoms with Crippen LogP contribution in [0.15, 0.2) is 42.5 Å². The van der Waals surface area contributed by atoms with Gasteiger partial charge in [-0.3, -0.25) is 4.79 Å². The van der Waals surface area contributed by atoms with Gasteiger partial charge in [-0.1, -0.05) is 24.3 Å². The van der Waals surface area contributed by atoms with Gasteiger partial charge in [0, 0.05) is 38.4 Å². The number of carbonyl (C=O) groups is 1. The molecule has 5 heteroatoms. The Bertz CT molecular complexity index is 869. The van der Waals surface area contributed by atoms with Crippen molar-refractivity contribution < 1.29 is 9.18 Å². The molecule has 2 aliphatic rings. The Labute approximate surface area is 172 Å². The van der Waals surface area contributed by atoms with Gasteiger partial charge in [0.1, 0.15) is 5.82 Å². The van der Waals surface area contributed by atoms with E-state index in [9.17, 15) is 9.18 Å². The highest BCUT2D eigenvalue weighted by Gasteiger charge is 2.27.